The van der Waals surface area contributed by atoms with Crippen LogP contribution in [0.1, 0.15) is 28.8 Å². The van der Waals surface area contributed by atoms with Gasteiger partial charge in [0.2, 0.25) is 0 Å². The van der Waals surface area contributed by atoms with Gasteiger partial charge in [0.1, 0.15) is 5.75 Å². The van der Waals surface area contributed by atoms with Gasteiger partial charge in [-0.3, -0.25) is 9.89 Å². The number of aromatic nitrogens is 2. The van der Waals surface area contributed by atoms with Gasteiger partial charge in [-0.15, -0.1) is 0 Å². The van der Waals surface area contributed by atoms with Gasteiger partial charge in [-0.1, -0.05) is 48.5 Å². The Morgan fingerprint density at radius 1 is 0.912 bits per heavy atom. The molecule has 0 spiro atoms. The maximum atomic E-state index is 13.5. The second-order valence-corrected chi connectivity index (χ2v) is 8.66. The highest BCUT2D eigenvalue weighted by Gasteiger charge is 2.35. The molecule has 4 aromatic rings. The molecule has 0 aliphatic carbocycles. The van der Waals surface area contributed by atoms with E-state index in [1.54, 1.807) is 7.11 Å². The normalized spacial score (nSPS) is 15.0. The van der Waals surface area contributed by atoms with E-state index in [4.69, 9.17) is 4.74 Å². The molecule has 1 saturated heterocycles. The molecule has 3 aromatic carbocycles. The first-order valence-electron chi connectivity index (χ1n) is 11.5. The SMILES string of the molecule is COc1ccc(-c2cccc(C(=O)NC3(c4ccc(-c5cn[nH]c5)cc4)CCNCC3)c2)cc1. The molecule has 1 aromatic heterocycles. The summed E-state index contributed by atoms with van der Waals surface area (Å²) < 4.78 is 5.26. The molecular weight excluding hydrogens is 424 g/mol. The quantitative estimate of drug-likeness (QED) is 0.394. The fourth-order valence-corrected chi connectivity index (χ4v) is 4.64. The van der Waals surface area contributed by atoms with Crippen LogP contribution >= 0.6 is 0 Å². The Hall–Kier alpha value is -3.90. The van der Waals surface area contributed by atoms with Crippen molar-refractivity contribution >= 4 is 5.91 Å². The summed E-state index contributed by atoms with van der Waals surface area (Å²) in [5, 5.41) is 13.7. The second kappa shape index (κ2) is 9.53. The summed E-state index contributed by atoms with van der Waals surface area (Å²) in [5.41, 5.74) is 5.56. The number of hydrogen-bond acceptors (Lipinski definition) is 4. The van der Waals surface area contributed by atoms with E-state index in [0.717, 1.165) is 59.5 Å². The molecule has 0 atom stereocenters. The highest BCUT2D eigenvalue weighted by molar-refractivity contribution is 5.96. The van der Waals surface area contributed by atoms with Crippen LogP contribution in [0.4, 0.5) is 0 Å². The van der Waals surface area contributed by atoms with Gasteiger partial charge in [0.15, 0.2) is 0 Å². The van der Waals surface area contributed by atoms with Crippen molar-refractivity contribution in [1.82, 2.24) is 20.8 Å². The van der Waals surface area contributed by atoms with Crippen LogP contribution in [0.25, 0.3) is 22.3 Å². The van der Waals surface area contributed by atoms with Gasteiger partial charge in [0.05, 0.1) is 18.8 Å². The van der Waals surface area contributed by atoms with Gasteiger partial charge in [0.25, 0.3) is 5.91 Å². The number of methoxy groups -OCH3 is 1. The predicted octanol–water partition coefficient (Wildman–Crippen LogP) is 4.76. The van der Waals surface area contributed by atoms with Gasteiger partial charge < -0.3 is 15.4 Å². The number of nitrogens with one attached hydrogen (secondary N) is 3. The molecule has 1 fully saturated rings. The molecule has 0 saturated carbocycles. The van der Waals surface area contributed by atoms with E-state index in [1.807, 2.05) is 60.9 Å². The minimum Gasteiger partial charge on any atom is -0.497 e. The lowest BCUT2D eigenvalue weighted by atomic mass is 9.80. The monoisotopic (exact) mass is 452 g/mol. The molecule has 3 N–H and O–H groups in total. The zero-order valence-corrected chi connectivity index (χ0v) is 19.2. The van der Waals surface area contributed by atoms with E-state index in [9.17, 15) is 4.79 Å². The van der Waals surface area contributed by atoms with Crippen molar-refractivity contribution in [2.75, 3.05) is 20.2 Å². The van der Waals surface area contributed by atoms with E-state index < -0.39 is 5.54 Å². The molecule has 0 radical (unpaired) electrons. The third-order valence-corrected chi connectivity index (χ3v) is 6.63. The number of ether oxygens (including phenoxy) is 1. The molecule has 34 heavy (non-hydrogen) atoms. The highest BCUT2D eigenvalue weighted by atomic mass is 16.5. The topological polar surface area (TPSA) is 79.0 Å². The first kappa shape index (κ1) is 21.9. The average molecular weight is 453 g/mol. The maximum Gasteiger partial charge on any atom is 0.251 e. The van der Waals surface area contributed by atoms with Crippen molar-refractivity contribution in [1.29, 1.82) is 0 Å². The zero-order chi connectivity index (χ0) is 23.4. The summed E-state index contributed by atoms with van der Waals surface area (Å²) in [5.74, 6) is 0.750. The summed E-state index contributed by atoms with van der Waals surface area (Å²) in [6.45, 7) is 1.71. The fourth-order valence-electron chi connectivity index (χ4n) is 4.64. The molecule has 0 bridgehead atoms. The summed E-state index contributed by atoms with van der Waals surface area (Å²) >= 11 is 0. The first-order valence-corrected chi connectivity index (χ1v) is 11.5. The number of piperidine rings is 1. The highest BCUT2D eigenvalue weighted by Crippen LogP contribution is 2.33. The Balaban J connectivity index is 1.40. The van der Waals surface area contributed by atoms with Crippen molar-refractivity contribution in [3.63, 3.8) is 0 Å². The number of amides is 1. The van der Waals surface area contributed by atoms with Gasteiger partial charge in [-0.2, -0.15) is 5.10 Å². The number of benzene rings is 3. The lowest BCUT2D eigenvalue weighted by molar-refractivity contribution is 0.0872. The Bertz CT molecular complexity index is 1240. The number of carbonyl (C=O) groups is 1. The van der Waals surface area contributed by atoms with Crippen LogP contribution in [-0.4, -0.2) is 36.3 Å². The Morgan fingerprint density at radius 3 is 2.29 bits per heavy atom. The van der Waals surface area contributed by atoms with E-state index in [1.165, 1.54) is 0 Å². The Morgan fingerprint density at radius 2 is 1.62 bits per heavy atom. The largest absolute Gasteiger partial charge is 0.497 e. The molecule has 6 heteroatoms. The lowest BCUT2D eigenvalue weighted by Gasteiger charge is -2.39. The summed E-state index contributed by atoms with van der Waals surface area (Å²) in [7, 11) is 1.65. The lowest BCUT2D eigenvalue weighted by Crippen LogP contribution is -2.52. The van der Waals surface area contributed by atoms with Gasteiger partial charge in [-0.05, 0) is 72.5 Å². The van der Waals surface area contributed by atoms with Crippen LogP contribution in [0.15, 0.2) is 85.2 Å². The van der Waals surface area contributed by atoms with Crippen molar-refractivity contribution in [2.45, 2.75) is 18.4 Å². The maximum absolute atomic E-state index is 13.5. The smallest absolute Gasteiger partial charge is 0.251 e. The van der Waals surface area contributed by atoms with E-state index >= 15 is 0 Å². The van der Waals surface area contributed by atoms with Crippen LogP contribution in [0, 0.1) is 0 Å². The van der Waals surface area contributed by atoms with Crippen molar-refractivity contribution in [3.8, 4) is 28.0 Å². The third-order valence-electron chi connectivity index (χ3n) is 6.63. The Kier molecular flexibility index (Phi) is 6.14. The average Bonchev–Trinajstić information content (AvgIpc) is 3.45. The molecular formula is C28H28N4O2. The van der Waals surface area contributed by atoms with Crippen LogP contribution in [0.5, 0.6) is 5.75 Å². The van der Waals surface area contributed by atoms with Gasteiger partial charge >= 0.3 is 0 Å². The van der Waals surface area contributed by atoms with Crippen LogP contribution < -0.4 is 15.4 Å². The summed E-state index contributed by atoms with van der Waals surface area (Å²) in [4.78, 5) is 13.5. The molecule has 1 aliphatic rings. The van der Waals surface area contributed by atoms with Crippen LogP contribution in [0.2, 0.25) is 0 Å². The minimum atomic E-state index is -0.409. The number of hydrogen-bond donors (Lipinski definition) is 3. The van der Waals surface area contributed by atoms with Crippen LogP contribution in [-0.2, 0) is 5.54 Å². The van der Waals surface area contributed by atoms with Crippen molar-refractivity contribution in [3.05, 3.63) is 96.3 Å². The van der Waals surface area contributed by atoms with E-state index in [2.05, 4.69) is 45.1 Å². The van der Waals surface area contributed by atoms with Crippen LogP contribution in [0.3, 0.4) is 0 Å². The molecule has 5 rings (SSSR count). The number of H-pyrrole nitrogens is 1. The summed E-state index contributed by atoms with van der Waals surface area (Å²) in [6.07, 6.45) is 5.36. The molecule has 0 unspecified atom stereocenters. The molecule has 1 amide bonds. The van der Waals surface area contributed by atoms with E-state index in [0.29, 0.717) is 5.56 Å². The molecule has 172 valence electrons. The van der Waals surface area contributed by atoms with E-state index in [-0.39, 0.29) is 5.91 Å². The number of carbonyl (C=O) groups excluding carboxylic acids is 1. The standard InChI is InChI=1S/C28H28N4O2/c1-34-26-11-7-20(8-12-26)22-3-2-4-23(17-22)27(33)32-28(13-15-29-16-14-28)25-9-5-21(6-10-25)24-18-30-31-19-24/h2-12,17-19,29H,13-16H2,1H3,(H,30,31)(H,32,33). The first-order chi connectivity index (χ1) is 16.7. The summed E-state index contributed by atoms with van der Waals surface area (Å²) in [6, 6.07) is 24.1. The zero-order valence-electron chi connectivity index (χ0n) is 19.2. The minimum absolute atomic E-state index is 0.0591. The molecule has 6 nitrogen and oxygen atoms in total. The van der Waals surface area contributed by atoms with Crippen molar-refractivity contribution in [2.24, 2.45) is 0 Å². The van der Waals surface area contributed by atoms with Crippen molar-refractivity contribution < 1.29 is 9.53 Å². The third kappa shape index (κ3) is 4.45. The Labute approximate surface area is 199 Å². The van der Waals surface area contributed by atoms with Gasteiger partial charge in [-0.25, -0.2) is 0 Å². The second-order valence-electron chi connectivity index (χ2n) is 8.66. The van der Waals surface area contributed by atoms with Gasteiger partial charge in [0, 0.05) is 17.3 Å². The molecule has 1 aliphatic heterocycles. The predicted molar refractivity (Wildman–Crippen MR) is 134 cm³/mol. The molecule has 2 heterocycles. The number of aromatic amines is 1. The fraction of sp³-hybridized carbons (Fsp3) is 0.214. The number of rotatable bonds is 6. The number of nitrogens with zero attached hydrogens (tertiary/aromatic N) is 1.